The Morgan fingerprint density at radius 1 is 1.33 bits per heavy atom. The average molecular weight is 316 g/mol. The molecule has 7 nitrogen and oxygen atoms in total. The van der Waals surface area contributed by atoms with Crippen LogP contribution in [0.4, 0.5) is 5.69 Å². The standard InChI is InChI=1S/C13H17N3O4.ClH/c17-13(18)12(15-7-5-14-6-8-15)9-10-1-3-11(4-2-10)16(19)20;/h1-4,12,14H,5-9H2,(H,17,18);1H/t12-;/m0./s1. The minimum absolute atomic E-state index is 0. The van der Waals surface area contributed by atoms with E-state index in [0.29, 0.717) is 19.5 Å². The van der Waals surface area contributed by atoms with Crippen molar-refractivity contribution in [3.8, 4) is 0 Å². The molecule has 1 fully saturated rings. The quantitative estimate of drug-likeness (QED) is 0.619. The molecule has 1 aliphatic heterocycles. The maximum absolute atomic E-state index is 11.4. The Hall–Kier alpha value is -1.70. The fourth-order valence-corrected chi connectivity index (χ4v) is 2.34. The molecule has 0 saturated carbocycles. The minimum Gasteiger partial charge on any atom is -0.480 e. The number of aliphatic carboxylic acids is 1. The second-order valence-corrected chi connectivity index (χ2v) is 4.77. The zero-order valence-electron chi connectivity index (χ0n) is 11.4. The number of halogens is 1. The zero-order valence-corrected chi connectivity index (χ0v) is 12.2. The monoisotopic (exact) mass is 315 g/mol. The number of carboxylic acid groups (broad SMARTS) is 1. The van der Waals surface area contributed by atoms with Crippen molar-refractivity contribution in [2.45, 2.75) is 12.5 Å². The first-order valence-corrected chi connectivity index (χ1v) is 6.49. The number of non-ortho nitro benzene ring substituents is 1. The first-order valence-electron chi connectivity index (χ1n) is 6.49. The van der Waals surface area contributed by atoms with E-state index >= 15 is 0 Å². The molecule has 116 valence electrons. The van der Waals surface area contributed by atoms with Crippen molar-refractivity contribution in [1.82, 2.24) is 10.2 Å². The number of carboxylic acids is 1. The van der Waals surface area contributed by atoms with Crippen LogP contribution < -0.4 is 5.32 Å². The third-order valence-corrected chi connectivity index (χ3v) is 3.45. The number of nitrogens with one attached hydrogen (secondary N) is 1. The number of piperazine rings is 1. The summed E-state index contributed by atoms with van der Waals surface area (Å²) >= 11 is 0. The number of nitrogens with zero attached hydrogens (tertiary/aromatic N) is 2. The van der Waals surface area contributed by atoms with Gasteiger partial charge in [0.25, 0.3) is 5.69 Å². The first-order chi connectivity index (χ1) is 9.58. The summed E-state index contributed by atoms with van der Waals surface area (Å²) in [5.74, 6) is -0.856. The predicted octanol–water partition coefficient (Wildman–Crippen LogP) is 0.917. The third kappa shape index (κ3) is 4.66. The number of rotatable bonds is 5. The van der Waals surface area contributed by atoms with Gasteiger partial charge in [0.15, 0.2) is 0 Å². The van der Waals surface area contributed by atoms with Crippen LogP contribution in [-0.2, 0) is 11.2 Å². The van der Waals surface area contributed by atoms with E-state index in [9.17, 15) is 20.0 Å². The fourth-order valence-electron chi connectivity index (χ4n) is 2.34. The number of hydrogen-bond acceptors (Lipinski definition) is 5. The lowest BCUT2D eigenvalue weighted by atomic mass is 10.0. The van der Waals surface area contributed by atoms with E-state index in [-0.39, 0.29) is 18.1 Å². The second kappa shape index (κ2) is 7.92. The molecule has 0 aliphatic carbocycles. The zero-order chi connectivity index (χ0) is 14.5. The number of carbonyl (C=O) groups is 1. The Balaban J connectivity index is 0.00000220. The summed E-state index contributed by atoms with van der Waals surface area (Å²) in [4.78, 5) is 23.5. The number of benzene rings is 1. The van der Waals surface area contributed by atoms with Gasteiger partial charge in [-0.2, -0.15) is 0 Å². The Morgan fingerprint density at radius 3 is 2.38 bits per heavy atom. The molecule has 0 amide bonds. The largest absolute Gasteiger partial charge is 0.480 e. The van der Waals surface area contributed by atoms with Crippen LogP contribution in [0, 0.1) is 10.1 Å². The van der Waals surface area contributed by atoms with E-state index in [1.165, 1.54) is 12.1 Å². The molecule has 0 unspecified atom stereocenters. The molecule has 1 atom stereocenters. The molecule has 2 N–H and O–H groups in total. The molecule has 1 heterocycles. The maximum Gasteiger partial charge on any atom is 0.321 e. The summed E-state index contributed by atoms with van der Waals surface area (Å²) in [7, 11) is 0. The summed E-state index contributed by atoms with van der Waals surface area (Å²) < 4.78 is 0. The van der Waals surface area contributed by atoms with E-state index in [1.54, 1.807) is 12.1 Å². The molecule has 2 rings (SSSR count). The molecule has 0 bridgehead atoms. The number of nitro benzene ring substituents is 1. The van der Waals surface area contributed by atoms with Gasteiger partial charge in [0.2, 0.25) is 0 Å². The van der Waals surface area contributed by atoms with Crippen molar-refractivity contribution in [3.05, 3.63) is 39.9 Å². The Kier molecular flexibility index (Phi) is 6.54. The molecule has 0 radical (unpaired) electrons. The molecular formula is C13H18ClN3O4. The summed E-state index contributed by atoms with van der Waals surface area (Å²) in [5.41, 5.74) is 0.810. The molecular weight excluding hydrogens is 298 g/mol. The Bertz CT molecular complexity index is 489. The summed E-state index contributed by atoms with van der Waals surface area (Å²) in [5, 5.41) is 23.1. The summed E-state index contributed by atoms with van der Waals surface area (Å²) in [6.07, 6.45) is 0.354. The van der Waals surface area contributed by atoms with Gasteiger partial charge in [-0.25, -0.2) is 0 Å². The highest BCUT2D eigenvalue weighted by Crippen LogP contribution is 2.15. The van der Waals surface area contributed by atoms with Crippen molar-refractivity contribution in [1.29, 1.82) is 0 Å². The molecule has 8 heteroatoms. The highest BCUT2D eigenvalue weighted by molar-refractivity contribution is 5.85. The van der Waals surface area contributed by atoms with Crippen molar-refractivity contribution in [2.24, 2.45) is 0 Å². The van der Waals surface area contributed by atoms with Gasteiger partial charge < -0.3 is 10.4 Å². The van der Waals surface area contributed by atoms with Gasteiger partial charge in [0.05, 0.1) is 4.92 Å². The Morgan fingerprint density at radius 2 is 1.90 bits per heavy atom. The van der Waals surface area contributed by atoms with Gasteiger partial charge in [-0.05, 0) is 12.0 Å². The molecule has 1 aliphatic rings. The van der Waals surface area contributed by atoms with E-state index in [2.05, 4.69) is 5.32 Å². The van der Waals surface area contributed by atoms with Crippen molar-refractivity contribution in [2.75, 3.05) is 26.2 Å². The summed E-state index contributed by atoms with van der Waals surface area (Å²) in [6, 6.07) is 5.48. The van der Waals surface area contributed by atoms with Gasteiger partial charge in [0.1, 0.15) is 6.04 Å². The third-order valence-electron chi connectivity index (χ3n) is 3.45. The van der Waals surface area contributed by atoms with Crippen LogP contribution >= 0.6 is 12.4 Å². The van der Waals surface area contributed by atoms with Gasteiger partial charge in [-0.1, -0.05) is 12.1 Å². The van der Waals surface area contributed by atoms with Crippen LogP contribution in [0.15, 0.2) is 24.3 Å². The Labute approximate surface area is 128 Å². The molecule has 0 spiro atoms. The van der Waals surface area contributed by atoms with E-state index < -0.39 is 16.9 Å². The molecule has 1 aromatic rings. The molecule has 21 heavy (non-hydrogen) atoms. The van der Waals surface area contributed by atoms with Crippen LogP contribution in [0.2, 0.25) is 0 Å². The highest BCUT2D eigenvalue weighted by atomic mass is 35.5. The second-order valence-electron chi connectivity index (χ2n) is 4.77. The topological polar surface area (TPSA) is 95.7 Å². The van der Waals surface area contributed by atoms with Crippen molar-refractivity contribution < 1.29 is 14.8 Å². The van der Waals surface area contributed by atoms with Crippen molar-refractivity contribution in [3.63, 3.8) is 0 Å². The van der Waals surface area contributed by atoms with Crippen LogP contribution in [0.5, 0.6) is 0 Å². The lowest BCUT2D eigenvalue weighted by molar-refractivity contribution is -0.384. The van der Waals surface area contributed by atoms with Gasteiger partial charge >= 0.3 is 5.97 Å². The van der Waals surface area contributed by atoms with Crippen LogP contribution in [0.1, 0.15) is 5.56 Å². The smallest absolute Gasteiger partial charge is 0.321 e. The van der Waals surface area contributed by atoms with E-state index in [0.717, 1.165) is 18.7 Å². The number of hydrogen-bond donors (Lipinski definition) is 2. The van der Waals surface area contributed by atoms with E-state index in [4.69, 9.17) is 0 Å². The van der Waals surface area contributed by atoms with Gasteiger partial charge in [-0.3, -0.25) is 19.8 Å². The fraction of sp³-hybridized carbons (Fsp3) is 0.462. The first kappa shape index (κ1) is 17.4. The summed E-state index contributed by atoms with van der Waals surface area (Å²) in [6.45, 7) is 2.96. The highest BCUT2D eigenvalue weighted by Gasteiger charge is 2.26. The van der Waals surface area contributed by atoms with Gasteiger partial charge in [0, 0.05) is 38.3 Å². The predicted molar refractivity (Wildman–Crippen MR) is 79.9 cm³/mol. The molecule has 0 aromatic heterocycles. The number of nitro groups is 1. The molecule has 1 saturated heterocycles. The lowest BCUT2D eigenvalue weighted by Crippen LogP contribution is -2.52. The molecule has 1 aromatic carbocycles. The minimum atomic E-state index is -0.856. The van der Waals surface area contributed by atoms with Crippen LogP contribution in [-0.4, -0.2) is 53.1 Å². The van der Waals surface area contributed by atoms with Crippen molar-refractivity contribution >= 4 is 24.1 Å². The average Bonchev–Trinajstić information content (AvgIpc) is 2.46. The van der Waals surface area contributed by atoms with E-state index in [1.807, 2.05) is 4.90 Å². The van der Waals surface area contributed by atoms with Crippen LogP contribution in [0.3, 0.4) is 0 Å². The van der Waals surface area contributed by atoms with Gasteiger partial charge in [-0.15, -0.1) is 12.4 Å². The SMILES string of the molecule is Cl.O=C(O)[C@H](Cc1ccc([N+](=O)[O-])cc1)N1CCNCC1. The lowest BCUT2D eigenvalue weighted by Gasteiger charge is -2.32. The van der Waals surface area contributed by atoms with Crippen LogP contribution in [0.25, 0.3) is 0 Å². The normalized spacial score (nSPS) is 16.8. The maximum atomic E-state index is 11.4.